The van der Waals surface area contributed by atoms with Crippen LogP contribution in [0.2, 0.25) is 0 Å². The molecule has 0 radical (unpaired) electrons. The van der Waals surface area contributed by atoms with E-state index in [4.69, 9.17) is 10.5 Å². The monoisotopic (exact) mass is 327 g/mol. The van der Waals surface area contributed by atoms with Gasteiger partial charge in [0.05, 0.1) is 23.5 Å². The molecule has 0 atom stereocenters. The third kappa shape index (κ3) is 2.62. The molecule has 0 spiro atoms. The fourth-order valence-electron chi connectivity index (χ4n) is 1.33. The predicted octanol–water partition coefficient (Wildman–Crippen LogP) is 2.75. The van der Waals surface area contributed by atoms with Crippen molar-refractivity contribution in [1.82, 2.24) is 4.98 Å². The Labute approximate surface area is 116 Å². The van der Waals surface area contributed by atoms with Gasteiger partial charge in [-0.3, -0.25) is 4.79 Å². The molecule has 7 heteroatoms. The van der Waals surface area contributed by atoms with Gasteiger partial charge in [-0.15, -0.1) is 11.3 Å². The first-order valence-corrected chi connectivity index (χ1v) is 6.63. The van der Waals surface area contributed by atoms with Crippen LogP contribution in [0.4, 0.5) is 11.5 Å². The number of hydrogen-bond acceptors (Lipinski definition) is 5. The van der Waals surface area contributed by atoms with Crippen molar-refractivity contribution in [2.75, 3.05) is 18.2 Å². The number of anilines is 2. The van der Waals surface area contributed by atoms with Gasteiger partial charge >= 0.3 is 0 Å². The van der Waals surface area contributed by atoms with Gasteiger partial charge in [-0.05, 0) is 33.4 Å². The molecule has 0 aromatic carbocycles. The molecule has 2 rings (SSSR count). The summed E-state index contributed by atoms with van der Waals surface area (Å²) >= 11 is 4.60. The number of ether oxygens (including phenoxy) is 1. The number of nitrogen functional groups attached to an aromatic ring is 1. The number of nitrogens with one attached hydrogen (secondary N) is 1. The van der Waals surface area contributed by atoms with Gasteiger partial charge in [0.2, 0.25) is 0 Å². The number of thiophene rings is 1. The summed E-state index contributed by atoms with van der Waals surface area (Å²) in [4.78, 5) is 16.6. The highest BCUT2D eigenvalue weighted by atomic mass is 79.9. The lowest BCUT2D eigenvalue weighted by molar-refractivity contribution is 0.102. The van der Waals surface area contributed by atoms with Crippen LogP contribution >= 0.6 is 27.3 Å². The van der Waals surface area contributed by atoms with Gasteiger partial charge < -0.3 is 15.8 Å². The molecule has 0 aliphatic heterocycles. The maximum atomic E-state index is 12.0. The normalized spacial score (nSPS) is 10.1. The lowest BCUT2D eigenvalue weighted by Crippen LogP contribution is -2.13. The highest BCUT2D eigenvalue weighted by Crippen LogP contribution is 2.27. The molecule has 94 valence electrons. The third-order valence-electron chi connectivity index (χ3n) is 2.15. The van der Waals surface area contributed by atoms with Gasteiger partial charge in [0.25, 0.3) is 5.91 Å². The zero-order chi connectivity index (χ0) is 13.1. The van der Waals surface area contributed by atoms with Crippen molar-refractivity contribution in [3.05, 3.63) is 33.1 Å². The van der Waals surface area contributed by atoms with Crippen molar-refractivity contribution in [2.45, 2.75) is 0 Å². The van der Waals surface area contributed by atoms with Crippen molar-refractivity contribution in [2.24, 2.45) is 0 Å². The number of carbonyl (C=O) groups excluding carboxylic acids is 1. The van der Waals surface area contributed by atoms with Crippen molar-refractivity contribution in [3.8, 4) is 5.75 Å². The molecule has 2 aromatic heterocycles. The number of halogens is 1. The Hall–Kier alpha value is -1.60. The molecule has 2 aromatic rings. The van der Waals surface area contributed by atoms with Crippen LogP contribution in [0.1, 0.15) is 9.67 Å². The van der Waals surface area contributed by atoms with Crippen LogP contribution in [0, 0.1) is 0 Å². The third-order valence-corrected chi connectivity index (χ3v) is 3.65. The molecule has 18 heavy (non-hydrogen) atoms. The SMILES string of the molecule is COc1ccsc1C(=O)Nc1ncc(N)cc1Br. The predicted molar refractivity (Wildman–Crippen MR) is 75.2 cm³/mol. The van der Waals surface area contributed by atoms with Crippen molar-refractivity contribution in [1.29, 1.82) is 0 Å². The molecule has 0 bridgehead atoms. The fraction of sp³-hybridized carbons (Fsp3) is 0.0909. The standard InChI is InChI=1S/C11H10BrN3O2S/c1-17-8-2-3-18-9(8)11(16)15-10-7(12)4-6(13)5-14-10/h2-5H,13H2,1H3,(H,14,15,16). The van der Waals surface area contributed by atoms with Crippen LogP contribution in [-0.4, -0.2) is 18.0 Å². The van der Waals surface area contributed by atoms with E-state index < -0.39 is 0 Å². The molecule has 0 aliphatic rings. The Bertz CT molecular complexity index is 585. The minimum absolute atomic E-state index is 0.264. The molecule has 5 nitrogen and oxygen atoms in total. The summed E-state index contributed by atoms with van der Waals surface area (Å²) in [7, 11) is 1.52. The Morgan fingerprint density at radius 1 is 1.61 bits per heavy atom. The minimum atomic E-state index is -0.264. The van der Waals surface area contributed by atoms with Crippen LogP contribution in [0.25, 0.3) is 0 Å². The Balaban J connectivity index is 2.21. The van der Waals surface area contributed by atoms with E-state index in [9.17, 15) is 4.79 Å². The zero-order valence-electron chi connectivity index (χ0n) is 9.44. The van der Waals surface area contributed by atoms with E-state index in [2.05, 4.69) is 26.2 Å². The first kappa shape index (κ1) is 12.8. The van der Waals surface area contributed by atoms with Crippen molar-refractivity contribution >= 4 is 44.7 Å². The number of rotatable bonds is 3. The topological polar surface area (TPSA) is 77.2 Å². The lowest BCUT2D eigenvalue weighted by Gasteiger charge is -2.07. The van der Waals surface area contributed by atoms with E-state index in [0.717, 1.165) is 0 Å². The largest absolute Gasteiger partial charge is 0.495 e. The number of methoxy groups -OCH3 is 1. The first-order chi connectivity index (χ1) is 8.61. The molecular formula is C11H10BrN3O2S. The quantitative estimate of drug-likeness (QED) is 0.908. The maximum Gasteiger partial charge on any atom is 0.270 e. The number of amides is 1. The highest BCUT2D eigenvalue weighted by Gasteiger charge is 2.15. The zero-order valence-corrected chi connectivity index (χ0v) is 11.8. The van der Waals surface area contributed by atoms with Gasteiger partial charge in [-0.1, -0.05) is 0 Å². The summed E-state index contributed by atoms with van der Waals surface area (Å²) < 4.78 is 5.72. The number of carbonyl (C=O) groups is 1. The molecule has 0 aliphatic carbocycles. The summed E-state index contributed by atoms with van der Waals surface area (Å²) in [6.45, 7) is 0. The average molecular weight is 328 g/mol. The Kier molecular flexibility index (Phi) is 3.83. The van der Waals surface area contributed by atoms with Gasteiger partial charge in [0, 0.05) is 0 Å². The second-order valence-corrected chi connectivity index (χ2v) is 5.14. The maximum absolute atomic E-state index is 12.0. The molecular weight excluding hydrogens is 318 g/mol. The molecule has 0 saturated heterocycles. The number of nitrogens with two attached hydrogens (primary N) is 1. The van der Waals surface area contributed by atoms with Crippen LogP contribution in [0.15, 0.2) is 28.2 Å². The van der Waals surface area contributed by atoms with E-state index in [1.165, 1.54) is 24.6 Å². The van der Waals surface area contributed by atoms with Gasteiger partial charge in [-0.2, -0.15) is 0 Å². The Morgan fingerprint density at radius 2 is 2.39 bits per heavy atom. The molecule has 3 N–H and O–H groups in total. The summed E-state index contributed by atoms with van der Waals surface area (Å²) in [5, 5.41) is 4.48. The van der Waals surface area contributed by atoms with Gasteiger partial charge in [0.15, 0.2) is 0 Å². The molecule has 2 heterocycles. The molecule has 0 fully saturated rings. The average Bonchev–Trinajstić information content (AvgIpc) is 2.81. The fourth-order valence-corrected chi connectivity index (χ4v) is 2.55. The number of hydrogen-bond donors (Lipinski definition) is 2. The van der Waals surface area contributed by atoms with E-state index in [1.54, 1.807) is 17.5 Å². The van der Waals surface area contributed by atoms with E-state index in [0.29, 0.717) is 26.6 Å². The van der Waals surface area contributed by atoms with E-state index >= 15 is 0 Å². The van der Waals surface area contributed by atoms with Crippen LogP contribution in [0.3, 0.4) is 0 Å². The summed E-state index contributed by atoms with van der Waals surface area (Å²) in [5.74, 6) is 0.702. The second kappa shape index (κ2) is 5.36. The lowest BCUT2D eigenvalue weighted by atomic mass is 10.3. The number of nitrogens with zero attached hydrogens (tertiary/aromatic N) is 1. The second-order valence-electron chi connectivity index (χ2n) is 3.37. The van der Waals surface area contributed by atoms with Crippen molar-refractivity contribution < 1.29 is 9.53 Å². The summed E-state index contributed by atoms with van der Waals surface area (Å²) in [5.41, 5.74) is 6.10. The van der Waals surface area contributed by atoms with E-state index in [1.807, 2.05) is 0 Å². The molecule has 1 amide bonds. The smallest absolute Gasteiger partial charge is 0.270 e. The minimum Gasteiger partial charge on any atom is -0.495 e. The van der Waals surface area contributed by atoms with E-state index in [-0.39, 0.29) is 5.91 Å². The first-order valence-electron chi connectivity index (χ1n) is 4.95. The Morgan fingerprint density at radius 3 is 3.06 bits per heavy atom. The number of pyridine rings is 1. The highest BCUT2D eigenvalue weighted by molar-refractivity contribution is 9.10. The van der Waals surface area contributed by atoms with Gasteiger partial charge in [-0.25, -0.2) is 4.98 Å². The van der Waals surface area contributed by atoms with Crippen LogP contribution in [0.5, 0.6) is 5.75 Å². The molecule has 0 saturated carbocycles. The van der Waals surface area contributed by atoms with Crippen LogP contribution in [-0.2, 0) is 0 Å². The summed E-state index contributed by atoms with van der Waals surface area (Å²) in [6.07, 6.45) is 1.48. The van der Waals surface area contributed by atoms with Crippen molar-refractivity contribution in [3.63, 3.8) is 0 Å². The number of aromatic nitrogens is 1. The van der Waals surface area contributed by atoms with Crippen LogP contribution < -0.4 is 15.8 Å². The summed E-state index contributed by atoms with van der Waals surface area (Å²) in [6, 6.07) is 3.42. The molecule has 0 unspecified atom stereocenters. The van der Waals surface area contributed by atoms with Gasteiger partial charge in [0.1, 0.15) is 16.4 Å².